The number of methoxy groups -OCH3 is 1. The first-order valence-corrected chi connectivity index (χ1v) is 8.13. The Morgan fingerprint density at radius 3 is 2.57 bits per heavy atom. The molecule has 23 heavy (non-hydrogen) atoms. The highest BCUT2D eigenvalue weighted by atomic mass is 16.5. The number of ether oxygens (including phenoxy) is 2. The van der Waals surface area contributed by atoms with E-state index in [1.807, 2.05) is 36.9 Å². The summed E-state index contributed by atoms with van der Waals surface area (Å²) in [5.74, 6) is 0.606. The van der Waals surface area contributed by atoms with Gasteiger partial charge in [0.15, 0.2) is 0 Å². The van der Waals surface area contributed by atoms with Crippen LogP contribution in [0.1, 0.15) is 30.9 Å². The van der Waals surface area contributed by atoms with E-state index in [9.17, 15) is 9.59 Å². The van der Waals surface area contributed by atoms with Crippen molar-refractivity contribution in [3.8, 4) is 5.75 Å². The van der Waals surface area contributed by atoms with E-state index in [4.69, 9.17) is 9.47 Å². The molecule has 1 aromatic rings. The maximum atomic E-state index is 12.5. The molecule has 1 fully saturated rings. The molecule has 0 aliphatic carbocycles. The molecule has 5 nitrogen and oxygen atoms in total. The Kier molecular flexibility index (Phi) is 6.02. The average Bonchev–Trinajstić information content (AvgIpc) is 2.55. The number of likely N-dealkylation sites (tertiary alicyclic amines) is 1. The Morgan fingerprint density at radius 1 is 1.26 bits per heavy atom. The van der Waals surface area contributed by atoms with Crippen LogP contribution in [0.15, 0.2) is 18.2 Å². The van der Waals surface area contributed by atoms with Crippen molar-refractivity contribution in [3.63, 3.8) is 0 Å². The van der Waals surface area contributed by atoms with Crippen LogP contribution in [0.3, 0.4) is 0 Å². The van der Waals surface area contributed by atoms with Gasteiger partial charge in [0.2, 0.25) is 5.91 Å². The average molecular weight is 319 g/mol. The first-order chi connectivity index (χ1) is 11.0. The van der Waals surface area contributed by atoms with Crippen molar-refractivity contribution in [3.05, 3.63) is 29.3 Å². The number of carbonyl (C=O) groups is 2. The maximum Gasteiger partial charge on any atom is 0.309 e. The Hall–Kier alpha value is -2.04. The summed E-state index contributed by atoms with van der Waals surface area (Å²) in [4.78, 5) is 26.1. The van der Waals surface area contributed by atoms with Gasteiger partial charge in [-0.1, -0.05) is 17.7 Å². The predicted octanol–water partition coefficient (Wildman–Crippen LogP) is 2.35. The summed E-state index contributed by atoms with van der Waals surface area (Å²) in [6.45, 7) is 5.43. The predicted molar refractivity (Wildman–Crippen MR) is 87.4 cm³/mol. The van der Waals surface area contributed by atoms with Gasteiger partial charge in [0.25, 0.3) is 0 Å². The second kappa shape index (κ2) is 7.99. The summed E-state index contributed by atoms with van der Waals surface area (Å²) >= 11 is 0. The molecule has 5 heteroatoms. The number of nitrogens with zero attached hydrogens (tertiary/aromatic N) is 1. The van der Waals surface area contributed by atoms with E-state index >= 15 is 0 Å². The highest BCUT2D eigenvalue weighted by molar-refractivity contribution is 5.80. The van der Waals surface area contributed by atoms with Gasteiger partial charge in [-0.25, -0.2) is 0 Å². The van der Waals surface area contributed by atoms with Crippen LogP contribution in [0.25, 0.3) is 0 Å². The highest BCUT2D eigenvalue weighted by Gasteiger charge is 2.28. The van der Waals surface area contributed by atoms with Crippen molar-refractivity contribution in [2.45, 2.75) is 33.1 Å². The number of piperidine rings is 1. The molecule has 1 aromatic carbocycles. The van der Waals surface area contributed by atoms with E-state index in [0.29, 0.717) is 39.0 Å². The van der Waals surface area contributed by atoms with Gasteiger partial charge in [-0.05, 0) is 32.8 Å². The number of benzene rings is 1. The molecule has 1 heterocycles. The molecule has 126 valence electrons. The minimum absolute atomic E-state index is 0.0764. The van der Waals surface area contributed by atoms with E-state index in [1.54, 1.807) is 7.11 Å². The molecular formula is C18H25NO4. The third kappa shape index (κ3) is 4.47. The topological polar surface area (TPSA) is 55.8 Å². The summed E-state index contributed by atoms with van der Waals surface area (Å²) in [6.07, 6.45) is 1.68. The Morgan fingerprint density at radius 2 is 1.96 bits per heavy atom. The molecule has 0 atom stereocenters. The Balaban J connectivity index is 1.93. The van der Waals surface area contributed by atoms with Crippen molar-refractivity contribution < 1.29 is 19.1 Å². The van der Waals surface area contributed by atoms with Crippen molar-refractivity contribution in [2.75, 3.05) is 26.8 Å². The molecular weight excluding hydrogens is 294 g/mol. The number of hydrogen-bond acceptors (Lipinski definition) is 4. The zero-order valence-corrected chi connectivity index (χ0v) is 14.1. The zero-order chi connectivity index (χ0) is 16.8. The number of esters is 1. The lowest BCUT2D eigenvalue weighted by Crippen LogP contribution is -2.41. The molecule has 0 N–H and O–H groups in total. The molecule has 1 aliphatic rings. The first kappa shape index (κ1) is 17.3. The van der Waals surface area contributed by atoms with Gasteiger partial charge in [0, 0.05) is 18.7 Å². The third-order valence-corrected chi connectivity index (χ3v) is 4.25. The molecule has 0 aromatic heterocycles. The monoisotopic (exact) mass is 319 g/mol. The third-order valence-electron chi connectivity index (χ3n) is 4.25. The number of hydrogen-bond donors (Lipinski definition) is 0. The van der Waals surface area contributed by atoms with Crippen LogP contribution in [0, 0.1) is 12.8 Å². The standard InChI is InChI=1S/C18H25NO4/c1-4-23-18(21)14-7-9-19(10-8-14)17(20)12-15-11-13(2)5-6-16(15)22-3/h5-6,11,14H,4,7-10,12H2,1-3H3. The fourth-order valence-electron chi connectivity index (χ4n) is 2.94. The Labute approximate surface area is 137 Å². The van der Waals surface area contributed by atoms with E-state index in [1.165, 1.54) is 0 Å². The van der Waals surface area contributed by atoms with Gasteiger partial charge >= 0.3 is 5.97 Å². The minimum Gasteiger partial charge on any atom is -0.496 e. The summed E-state index contributed by atoms with van der Waals surface area (Å²) < 4.78 is 10.4. The van der Waals surface area contributed by atoms with Crippen LogP contribution < -0.4 is 4.74 Å². The molecule has 1 amide bonds. The Bertz CT molecular complexity index is 562. The first-order valence-electron chi connectivity index (χ1n) is 8.13. The van der Waals surface area contributed by atoms with E-state index < -0.39 is 0 Å². The van der Waals surface area contributed by atoms with Gasteiger partial charge in [0.1, 0.15) is 5.75 Å². The molecule has 0 saturated carbocycles. The van der Waals surface area contributed by atoms with Gasteiger partial charge in [-0.2, -0.15) is 0 Å². The lowest BCUT2D eigenvalue weighted by atomic mass is 9.96. The fraction of sp³-hybridized carbons (Fsp3) is 0.556. The van der Waals surface area contributed by atoms with E-state index in [-0.39, 0.29) is 17.8 Å². The lowest BCUT2D eigenvalue weighted by Gasteiger charge is -2.31. The molecule has 2 rings (SSSR count). The van der Waals surface area contributed by atoms with E-state index in [0.717, 1.165) is 16.9 Å². The SMILES string of the molecule is CCOC(=O)C1CCN(C(=O)Cc2cc(C)ccc2OC)CC1. The van der Waals surface area contributed by atoms with Crippen molar-refractivity contribution >= 4 is 11.9 Å². The number of amides is 1. The minimum atomic E-state index is -0.139. The van der Waals surface area contributed by atoms with Crippen LogP contribution in [0.4, 0.5) is 0 Å². The van der Waals surface area contributed by atoms with Gasteiger partial charge in [-0.15, -0.1) is 0 Å². The van der Waals surface area contributed by atoms with Crippen LogP contribution >= 0.6 is 0 Å². The van der Waals surface area contributed by atoms with Gasteiger partial charge in [-0.3, -0.25) is 9.59 Å². The molecule has 0 radical (unpaired) electrons. The van der Waals surface area contributed by atoms with Crippen LogP contribution in [-0.4, -0.2) is 43.6 Å². The largest absolute Gasteiger partial charge is 0.496 e. The highest BCUT2D eigenvalue weighted by Crippen LogP contribution is 2.23. The van der Waals surface area contributed by atoms with E-state index in [2.05, 4.69) is 0 Å². The summed E-state index contributed by atoms with van der Waals surface area (Å²) in [7, 11) is 1.61. The van der Waals surface area contributed by atoms with Crippen LogP contribution in [0.5, 0.6) is 5.75 Å². The molecule has 1 aliphatic heterocycles. The zero-order valence-electron chi connectivity index (χ0n) is 14.1. The molecule has 0 bridgehead atoms. The number of aryl methyl sites for hydroxylation is 1. The quantitative estimate of drug-likeness (QED) is 0.782. The van der Waals surface area contributed by atoms with Crippen molar-refractivity contribution in [2.24, 2.45) is 5.92 Å². The fourth-order valence-corrected chi connectivity index (χ4v) is 2.94. The number of carbonyl (C=O) groups excluding carboxylic acids is 2. The van der Waals surface area contributed by atoms with Crippen molar-refractivity contribution in [1.82, 2.24) is 4.90 Å². The second-order valence-corrected chi connectivity index (χ2v) is 5.90. The molecule has 0 spiro atoms. The maximum absolute atomic E-state index is 12.5. The normalized spacial score (nSPS) is 15.3. The number of rotatable bonds is 5. The summed E-state index contributed by atoms with van der Waals surface area (Å²) in [6, 6.07) is 5.85. The van der Waals surface area contributed by atoms with Crippen molar-refractivity contribution in [1.29, 1.82) is 0 Å². The smallest absolute Gasteiger partial charge is 0.309 e. The summed E-state index contributed by atoms with van der Waals surface area (Å²) in [5, 5.41) is 0. The molecule has 1 saturated heterocycles. The molecule has 0 unspecified atom stereocenters. The van der Waals surface area contributed by atoms with Crippen LogP contribution in [0.2, 0.25) is 0 Å². The van der Waals surface area contributed by atoms with Crippen LogP contribution in [-0.2, 0) is 20.7 Å². The van der Waals surface area contributed by atoms with Gasteiger partial charge in [0.05, 0.1) is 26.1 Å². The second-order valence-electron chi connectivity index (χ2n) is 5.90. The summed E-state index contributed by atoms with van der Waals surface area (Å²) in [5.41, 5.74) is 2.01. The van der Waals surface area contributed by atoms with Gasteiger partial charge < -0.3 is 14.4 Å². The lowest BCUT2D eigenvalue weighted by molar-refractivity contribution is -0.151.